The lowest BCUT2D eigenvalue weighted by molar-refractivity contribution is -0.133. The minimum absolute atomic E-state index is 0.179. The molecule has 2 heterocycles. The third kappa shape index (κ3) is 4.07. The number of para-hydroxylation sites is 1. The molecule has 1 aromatic heterocycles. The molecule has 2 N–H and O–H groups in total. The van der Waals surface area contributed by atoms with Crippen LogP contribution in [0.4, 0.5) is 0 Å². The molecule has 7 heteroatoms. The predicted molar refractivity (Wildman–Crippen MR) is 115 cm³/mol. The van der Waals surface area contributed by atoms with Gasteiger partial charge in [-0.1, -0.05) is 18.2 Å². The number of benzene rings is 2. The van der Waals surface area contributed by atoms with Gasteiger partial charge in [0.25, 0.3) is 5.91 Å². The maximum Gasteiger partial charge on any atom is 0.252 e. The summed E-state index contributed by atoms with van der Waals surface area (Å²) in [5, 5.41) is 0. The van der Waals surface area contributed by atoms with Gasteiger partial charge in [-0.05, 0) is 56.8 Å². The molecule has 2 amide bonds. The molecule has 0 bridgehead atoms. The first-order chi connectivity index (χ1) is 14.4. The number of hydrogen-bond donors (Lipinski definition) is 1. The number of rotatable bonds is 5. The van der Waals surface area contributed by atoms with Crippen LogP contribution in [0.3, 0.4) is 0 Å². The number of fused-ring (bicyclic) bond motifs is 1. The van der Waals surface area contributed by atoms with E-state index in [1.54, 1.807) is 18.2 Å². The number of primary amides is 1. The fourth-order valence-electron chi connectivity index (χ4n) is 4.01. The molecular formula is C23H26N4O3. The average Bonchev–Trinajstić information content (AvgIpc) is 3.17. The van der Waals surface area contributed by atoms with Gasteiger partial charge in [0.1, 0.15) is 5.52 Å². The van der Waals surface area contributed by atoms with E-state index in [4.69, 9.17) is 10.2 Å². The lowest BCUT2D eigenvalue weighted by atomic mass is 9.90. The fourth-order valence-corrected chi connectivity index (χ4v) is 4.01. The van der Waals surface area contributed by atoms with Crippen LogP contribution in [0.2, 0.25) is 0 Å². The Labute approximate surface area is 175 Å². The SMILES string of the molecule is CN(C)CC(=O)N1CCCC(c2ccc(-c3nc4cccc(C(N)=O)c4o3)cc2)C1. The van der Waals surface area contributed by atoms with Gasteiger partial charge < -0.3 is 20.0 Å². The van der Waals surface area contributed by atoms with Gasteiger partial charge in [-0.15, -0.1) is 0 Å². The Kier molecular flexibility index (Phi) is 5.55. The summed E-state index contributed by atoms with van der Waals surface area (Å²) in [6.07, 6.45) is 2.07. The van der Waals surface area contributed by atoms with Gasteiger partial charge in [0.15, 0.2) is 5.58 Å². The summed E-state index contributed by atoms with van der Waals surface area (Å²) in [6, 6.07) is 13.3. The summed E-state index contributed by atoms with van der Waals surface area (Å²) in [5.41, 5.74) is 8.81. The molecule has 0 aliphatic carbocycles. The molecular weight excluding hydrogens is 380 g/mol. The molecule has 1 aliphatic heterocycles. The van der Waals surface area contributed by atoms with E-state index in [1.165, 1.54) is 5.56 Å². The quantitative estimate of drug-likeness (QED) is 0.703. The standard InChI is InChI=1S/C23H26N4O3/c1-26(2)14-20(28)27-12-4-5-17(13-27)15-8-10-16(11-9-15)23-25-19-7-3-6-18(22(24)29)21(19)30-23/h3,6-11,17H,4-5,12-14H2,1-2H3,(H2,24,29). The smallest absolute Gasteiger partial charge is 0.252 e. The van der Waals surface area contributed by atoms with Crippen LogP contribution in [-0.2, 0) is 4.79 Å². The van der Waals surface area contributed by atoms with Crippen LogP contribution in [-0.4, -0.2) is 60.3 Å². The van der Waals surface area contributed by atoms with Gasteiger partial charge in [-0.3, -0.25) is 9.59 Å². The number of piperidine rings is 1. The molecule has 1 aliphatic rings. The number of oxazole rings is 1. The zero-order valence-electron chi connectivity index (χ0n) is 17.3. The monoisotopic (exact) mass is 406 g/mol. The summed E-state index contributed by atoms with van der Waals surface area (Å²) in [7, 11) is 3.83. The average molecular weight is 406 g/mol. The van der Waals surface area contributed by atoms with Crippen LogP contribution in [0.15, 0.2) is 46.9 Å². The van der Waals surface area contributed by atoms with E-state index in [1.807, 2.05) is 36.0 Å². The molecule has 4 rings (SSSR count). The number of likely N-dealkylation sites (N-methyl/N-ethyl adjacent to an activating group) is 1. The second-order valence-corrected chi connectivity index (χ2v) is 8.08. The van der Waals surface area contributed by atoms with E-state index in [0.717, 1.165) is 31.5 Å². The molecule has 0 saturated carbocycles. The molecule has 1 fully saturated rings. The van der Waals surface area contributed by atoms with Crippen molar-refractivity contribution in [2.45, 2.75) is 18.8 Å². The van der Waals surface area contributed by atoms with Crippen molar-refractivity contribution >= 4 is 22.9 Å². The third-order valence-electron chi connectivity index (χ3n) is 5.54. The van der Waals surface area contributed by atoms with Crippen molar-refractivity contribution in [2.24, 2.45) is 5.73 Å². The first kappa shape index (κ1) is 20.1. The second-order valence-electron chi connectivity index (χ2n) is 8.08. The molecule has 2 aromatic carbocycles. The van der Waals surface area contributed by atoms with Gasteiger partial charge in [0, 0.05) is 24.6 Å². The fraction of sp³-hybridized carbons (Fsp3) is 0.348. The van der Waals surface area contributed by atoms with Crippen molar-refractivity contribution < 1.29 is 14.0 Å². The molecule has 156 valence electrons. The van der Waals surface area contributed by atoms with Crippen molar-refractivity contribution in [3.63, 3.8) is 0 Å². The van der Waals surface area contributed by atoms with Crippen LogP contribution < -0.4 is 5.73 Å². The Hall–Kier alpha value is -3.19. The number of nitrogens with two attached hydrogens (primary N) is 1. The molecule has 1 unspecified atom stereocenters. The van der Waals surface area contributed by atoms with Gasteiger partial charge >= 0.3 is 0 Å². The number of carbonyl (C=O) groups excluding carboxylic acids is 2. The number of aromatic nitrogens is 1. The number of amides is 2. The highest BCUT2D eigenvalue weighted by Gasteiger charge is 2.25. The Balaban J connectivity index is 1.53. The highest BCUT2D eigenvalue weighted by molar-refractivity contribution is 6.03. The van der Waals surface area contributed by atoms with E-state index in [0.29, 0.717) is 35.0 Å². The van der Waals surface area contributed by atoms with Crippen molar-refractivity contribution in [3.8, 4) is 11.5 Å². The first-order valence-corrected chi connectivity index (χ1v) is 10.1. The molecule has 0 spiro atoms. The number of carbonyl (C=O) groups is 2. The van der Waals surface area contributed by atoms with Crippen molar-refractivity contribution in [2.75, 3.05) is 33.7 Å². The van der Waals surface area contributed by atoms with Crippen molar-refractivity contribution in [3.05, 3.63) is 53.6 Å². The maximum atomic E-state index is 12.4. The first-order valence-electron chi connectivity index (χ1n) is 10.1. The summed E-state index contributed by atoms with van der Waals surface area (Å²) >= 11 is 0. The second kappa shape index (κ2) is 8.28. The number of nitrogens with zero attached hydrogens (tertiary/aromatic N) is 3. The number of likely N-dealkylation sites (tertiary alicyclic amines) is 1. The van der Waals surface area contributed by atoms with Crippen LogP contribution in [0, 0.1) is 0 Å². The van der Waals surface area contributed by atoms with Gasteiger partial charge in [0.2, 0.25) is 11.8 Å². The van der Waals surface area contributed by atoms with Crippen molar-refractivity contribution in [1.29, 1.82) is 0 Å². The molecule has 30 heavy (non-hydrogen) atoms. The predicted octanol–water partition coefficient (Wildman–Crippen LogP) is 2.86. The zero-order chi connectivity index (χ0) is 21.3. The van der Waals surface area contributed by atoms with Crippen LogP contribution in [0.5, 0.6) is 0 Å². The van der Waals surface area contributed by atoms with Crippen LogP contribution in [0.1, 0.15) is 34.7 Å². The summed E-state index contributed by atoms with van der Waals surface area (Å²) in [4.78, 5) is 32.4. The Morgan fingerprint density at radius 2 is 1.97 bits per heavy atom. The zero-order valence-corrected chi connectivity index (χ0v) is 17.3. The maximum absolute atomic E-state index is 12.4. The Morgan fingerprint density at radius 3 is 2.67 bits per heavy atom. The van der Waals surface area contributed by atoms with Gasteiger partial charge in [-0.25, -0.2) is 4.98 Å². The minimum atomic E-state index is -0.538. The lowest BCUT2D eigenvalue weighted by Gasteiger charge is -2.33. The molecule has 3 aromatic rings. The van der Waals surface area contributed by atoms with E-state index in [-0.39, 0.29) is 5.91 Å². The van der Waals surface area contributed by atoms with Crippen molar-refractivity contribution in [1.82, 2.24) is 14.8 Å². The Bertz CT molecular complexity index is 1070. The van der Waals surface area contributed by atoms with Gasteiger partial charge in [-0.2, -0.15) is 0 Å². The highest BCUT2D eigenvalue weighted by atomic mass is 16.3. The number of hydrogen-bond acceptors (Lipinski definition) is 5. The summed E-state index contributed by atoms with van der Waals surface area (Å²) in [6.45, 7) is 2.01. The largest absolute Gasteiger partial charge is 0.435 e. The van der Waals surface area contributed by atoms with E-state index >= 15 is 0 Å². The van der Waals surface area contributed by atoms with E-state index < -0.39 is 5.91 Å². The van der Waals surface area contributed by atoms with Gasteiger partial charge in [0.05, 0.1) is 12.1 Å². The third-order valence-corrected chi connectivity index (χ3v) is 5.54. The normalized spacial score (nSPS) is 16.9. The van der Waals surface area contributed by atoms with Crippen LogP contribution in [0.25, 0.3) is 22.6 Å². The molecule has 0 radical (unpaired) electrons. The highest BCUT2D eigenvalue weighted by Crippen LogP contribution is 2.30. The molecule has 1 atom stereocenters. The molecule has 7 nitrogen and oxygen atoms in total. The van der Waals surface area contributed by atoms with E-state index in [2.05, 4.69) is 17.1 Å². The lowest BCUT2D eigenvalue weighted by Crippen LogP contribution is -2.43. The summed E-state index contributed by atoms with van der Waals surface area (Å²) < 4.78 is 5.85. The topological polar surface area (TPSA) is 92.7 Å². The molecule has 1 saturated heterocycles. The van der Waals surface area contributed by atoms with E-state index in [9.17, 15) is 9.59 Å². The summed E-state index contributed by atoms with van der Waals surface area (Å²) in [5.74, 6) is 0.419. The Morgan fingerprint density at radius 1 is 1.20 bits per heavy atom. The van der Waals surface area contributed by atoms with Crippen LogP contribution >= 0.6 is 0 Å². The minimum Gasteiger partial charge on any atom is -0.435 e.